The van der Waals surface area contributed by atoms with Gasteiger partial charge in [0.05, 0.1) is 11.4 Å². The summed E-state index contributed by atoms with van der Waals surface area (Å²) in [5.41, 5.74) is 8.85. The van der Waals surface area contributed by atoms with Gasteiger partial charge in [-0.2, -0.15) is 0 Å². The van der Waals surface area contributed by atoms with Crippen LogP contribution in [0.4, 0.5) is 15.8 Å². The molecular formula is C16H15FN2O. The van der Waals surface area contributed by atoms with E-state index in [1.54, 1.807) is 0 Å². The van der Waals surface area contributed by atoms with Crippen molar-refractivity contribution in [3.05, 3.63) is 59.4 Å². The number of nitrogens with two attached hydrogens (primary N) is 1. The predicted molar refractivity (Wildman–Crippen MR) is 76.8 cm³/mol. The summed E-state index contributed by atoms with van der Waals surface area (Å²) >= 11 is 0. The Labute approximate surface area is 116 Å². The monoisotopic (exact) mass is 270 g/mol. The number of rotatable bonds is 2. The van der Waals surface area contributed by atoms with Gasteiger partial charge < -0.3 is 11.1 Å². The fraction of sp³-hybridized carbons (Fsp3) is 0.188. The molecule has 0 radical (unpaired) electrons. The molecule has 0 saturated heterocycles. The van der Waals surface area contributed by atoms with E-state index in [9.17, 15) is 9.18 Å². The van der Waals surface area contributed by atoms with Crippen molar-refractivity contribution in [1.29, 1.82) is 0 Å². The summed E-state index contributed by atoms with van der Waals surface area (Å²) in [5.74, 6) is -0.565. The van der Waals surface area contributed by atoms with Gasteiger partial charge >= 0.3 is 0 Å². The van der Waals surface area contributed by atoms with Crippen LogP contribution in [0, 0.1) is 11.7 Å². The number of anilines is 2. The first kappa shape index (κ1) is 12.7. The molecule has 102 valence electrons. The number of amides is 1. The van der Waals surface area contributed by atoms with E-state index in [-0.39, 0.29) is 17.5 Å². The minimum atomic E-state index is -0.409. The van der Waals surface area contributed by atoms with Gasteiger partial charge in [-0.1, -0.05) is 24.3 Å². The van der Waals surface area contributed by atoms with Crippen molar-refractivity contribution in [1.82, 2.24) is 0 Å². The quantitative estimate of drug-likeness (QED) is 0.824. The molecule has 0 saturated carbocycles. The molecule has 3 rings (SSSR count). The smallest absolute Gasteiger partial charge is 0.228 e. The van der Waals surface area contributed by atoms with E-state index in [4.69, 9.17) is 5.73 Å². The summed E-state index contributed by atoms with van der Waals surface area (Å²) in [4.78, 5) is 12.3. The van der Waals surface area contributed by atoms with Crippen LogP contribution in [0.3, 0.4) is 0 Å². The Hall–Kier alpha value is -2.36. The minimum absolute atomic E-state index is 0.0699. The average Bonchev–Trinajstić information content (AvgIpc) is 2.86. The summed E-state index contributed by atoms with van der Waals surface area (Å²) in [7, 11) is 0. The number of carbonyl (C=O) groups is 1. The maximum atomic E-state index is 13.0. The molecule has 2 aromatic rings. The molecule has 1 amide bonds. The number of nitrogens with one attached hydrogen (secondary N) is 1. The minimum Gasteiger partial charge on any atom is -0.397 e. The van der Waals surface area contributed by atoms with E-state index in [0.717, 1.165) is 12.8 Å². The van der Waals surface area contributed by atoms with Gasteiger partial charge in [0.25, 0.3) is 0 Å². The third-order valence-electron chi connectivity index (χ3n) is 3.69. The largest absolute Gasteiger partial charge is 0.397 e. The van der Waals surface area contributed by atoms with E-state index in [0.29, 0.717) is 5.69 Å². The summed E-state index contributed by atoms with van der Waals surface area (Å²) < 4.78 is 13.0. The van der Waals surface area contributed by atoms with Crippen LogP contribution < -0.4 is 11.1 Å². The third-order valence-corrected chi connectivity index (χ3v) is 3.69. The maximum Gasteiger partial charge on any atom is 0.228 e. The van der Waals surface area contributed by atoms with E-state index in [2.05, 4.69) is 17.4 Å². The molecule has 0 heterocycles. The van der Waals surface area contributed by atoms with Crippen LogP contribution in [0.15, 0.2) is 42.5 Å². The second-order valence-electron chi connectivity index (χ2n) is 5.09. The van der Waals surface area contributed by atoms with Crippen LogP contribution in [0.2, 0.25) is 0 Å². The van der Waals surface area contributed by atoms with E-state index in [1.165, 1.54) is 29.3 Å². The van der Waals surface area contributed by atoms with E-state index < -0.39 is 5.82 Å². The Bertz CT molecular complexity index is 644. The van der Waals surface area contributed by atoms with Crippen molar-refractivity contribution in [2.45, 2.75) is 12.8 Å². The molecule has 0 bridgehead atoms. The molecule has 2 aromatic carbocycles. The van der Waals surface area contributed by atoms with Crippen LogP contribution >= 0.6 is 0 Å². The number of hydrogen-bond donors (Lipinski definition) is 2. The summed E-state index contributed by atoms with van der Waals surface area (Å²) in [6, 6.07) is 12.1. The second-order valence-corrected chi connectivity index (χ2v) is 5.09. The molecule has 0 spiro atoms. The third kappa shape index (κ3) is 2.37. The lowest BCUT2D eigenvalue weighted by Crippen LogP contribution is -2.23. The van der Waals surface area contributed by atoms with E-state index in [1.807, 2.05) is 12.1 Å². The highest BCUT2D eigenvalue weighted by Gasteiger charge is 2.27. The molecule has 3 N–H and O–H groups in total. The maximum absolute atomic E-state index is 13.0. The van der Waals surface area contributed by atoms with Crippen molar-refractivity contribution in [3.63, 3.8) is 0 Å². The number of benzene rings is 2. The van der Waals surface area contributed by atoms with Crippen molar-refractivity contribution >= 4 is 17.3 Å². The highest BCUT2D eigenvalue weighted by atomic mass is 19.1. The normalized spacial score (nSPS) is 14.1. The molecule has 4 heteroatoms. The van der Waals surface area contributed by atoms with Crippen molar-refractivity contribution in [3.8, 4) is 0 Å². The first-order chi connectivity index (χ1) is 9.63. The Morgan fingerprint density at radius 1 is 1.15 bits per heavy atom. The molecule has 0 unspecified atom stereocenters. The SMILES string of the molecule is Nc1cc(F)ccc1NC(=O)C1Cc2ccccc2C1. The number of fused-ring (bicyclic) bond motifs is 1. The lowest BCUT2D eigenvalue weighted by atomic mass is 10.1. The number of carbonyl (C=O) groups excluding carboxylic acids is 1. The number of hydrogen-bond acceptors (Lipinski definition) is 2. The van der Waals surface area contributed by atoms with Gasteiger partial charge in [-0.05, 0) is 42.2 Å². The zero-order chi connectivity index (χ0) is 14.1. The Morgan fingerprint density at radius 2 is 1.80 bits per heavy atom. The predicted octanol–water partition coefficient (Wildman–Crippen LogP) is 2.76. The van der Waals surface area contributed by atoms with Crippen LogP contribution in [0.1, 0.15) is 11.1 Å². The fourth-order valence-corrected chi connectivity index (χ4v) is 2.63. The Morgan fingerprint density at radius 3 is 2.40 bits per heavy atom. The molecule has 0 fully saturated rings. The van der Waals surface area contributed by atoms with E-state index >= 15 is 0 Å². The zero-order valence-electron chi connectivity index (χ0n) is 10.9. The van der Waals surface area contributed by atoms with Crippen LogP contribution in [-0.2, 0) is 17.6 Å². The molecule has 0 aromatic heterocycles. The highest BCUT2D eigenvalue weighted by Crippen LogP contribution is 2.28. The van der Waals surface area contributed by atoms with Gasteiger partial charge in [-0.15, -0.1) is 0 Å². The average molecular weight is 270 g/mol. The lowest BCUT2D eigenvalue weighted by molar-refractivity contribution is -0.119. The van der Waals surface area contributed by atoms with Gasteiger partial charge in [0, 0.05) is 5.92 Å². The first-order valence-corrected chi connectivity index (χ1v) is 6.56. The van der Waals surface area contributed by atoms with Gasteiger partial charge in [0.1, 0.15) is 5.82 Å². The highest BCUT2D eigenvalue weighted by molar-refractivity contribution is 5.96. The van der Waals surface area contributed by atoms with Gasteiger partial charge in [-0.25, -0.2) is 4.39 Å². The lowest BCUT2D eigenvalue weighted by Gasteiger charge is -2.12. The Kier molecular flexibility index (Phi) is 3.14. The van der Waals surface area contributed by atoms with Crippen LogP contribution in [0.25, 0.3) is 0 Å². The summed E-state index contributed by atoms with van der Waals surface area (Å²) in [6.45, 7) is 0. The Balaban J connectivity index is 1.72. The molecule has 0 atom stereocenters. The zero-order valence-corrected chi connectivity index (χ0v) is 10.9. The number of halogens is 1. The molecular weight excluding hydrogens is 255 g/mol. The van der Waals surface area contributed by atoms with Crippen LogP contribution in [0.5, 0.6) is 0 Å². The fourth-order valence-electron chi connectivity index (χ4n) is 2.63. The molecule has 1 aliphatic carbocycles. The van der Waals surface area contributed by atoms with Gasteiger partial charge in [0.2, 0.25) is 5.91 Å². The first-order valence-electron chi connectivity index (χ1n) is 6.56. The molecule has 0 aliphatic heterocycles. The summed E-state index contributed by atoms with van der Waals surface area (Å²) in [5, 5.41) is 2.78. The van der Waals surface area contributed by atoms with Crippen LogP contribution in [-0.4, -0.2) is 5.91 Å². The molecule has 1 aliphatic rings. The van der Waals surface area contributed by atoms with Gasteiger partial charge in [0.15, 0.2) is 0 Å². The second kappa shape index (κ2) is 4.96. The van der Waals surface area contributed by atoms with Gasteiger partial charge in [-0.3, -0.25) is 4.79 Å². The van der Waals surface area contributed by atoms with Crippen molar-refractivity contribution in [2.24, 2.45) is 5.92 Å². The van der Waals surface area contributed by atoms with Crippen molar-refractivity contribution < 1.29 is 9.18 Å². The number of nitrogen functional groups attached to an aromatic ring is 1. The summed E-state index contributed by atoms with van der Waals surface area (Å²) in [6.07, 6.45) is 1.48. The molecule has 20 heavy (non-hydrogen) atoms. The molecule has 3 nitrogen and oxygen atoms in total. The standard InChI is InChI=1S/C16H15FN2O/c17-13-5-6-15(14(18)9-13)19-16(20)12-7-10-3-1-2-4-11(10)8-12/h1-6,9,12H,7-8,18H2,(H,19,20). The topological polar surface area (TPSA) is 55.1 Å². The van der Waals surface area contributed by atoms with Crippen molar-refractivity contribution in [2.75, 3.05) is 11.1 Å².